The van der Waals surface area contributed by atoms with Crippen LogP contribution in [0.1, 0.15) is 41.4 Å². The SMILES string of the molecule is Cc1cc(-c2ccc3cc(F)cc(C(C)C)c3n2)ccc1NC(=O)c1ccnn1C. The Kier molecular flexibility index (Phi) is 5.08. The molecule has 2 aromatic carbocycles. The minimum absolute atomic E-state index is 0.164. The van der Waals surface area contributed by atoms with Gasteiger partial charge in [0.25, 0.3) is 5.91 Å². The van der Waals surface area contributed by atoms with Gasteiger partial charge in [-0.25, -0.2) is 9.37 Å². The van der Waals surface area contributed by atoms with E-state index in [0.29, 0.717) is 5.69 Å². The smallest absolute Gasteiger partial charge is 0.273 e. The fraction of sp³-hybridized carbons (Fsp3) is 0.208. The fourth-order valence-electron chi connectivity index (χ4n) is 3.57. The molecular weight excluding hydrogens is 379 g/mol. The molecular formula is C24H23FN4O. The lowest BCUT2D eigenvalue weighted by Crippen LogP contribution is -2.16. The highest BCUT2D eigenvalue weighted by molar-refractivity contribution is 6.03. The van der Waals surface area contributed by atoms with Gasteiger partial charge in [-0.3, -0.25) is 9.48 Å². The molecule has 0 saturated heterocycles. The number of hydrogen-bond acceptors (Lipinski definition) is 3. The summed E-state index contributed by atoms with van der Waals surface area (Å²) in [5, 5.41) is 7.75. The predicted octanol–water partition coefficient (Wildman–Crippen LogP) is 5.46. The van der Waals surface area contributed by atoms with Gasteiger partial charge >= 0.3 is 0 Å². The van der Waals surface area contributed by atoms with E-state index in [1.54, 1.807) is 25.4 Å². The van der Waals surface area contributed by atoms with Crippen LogP contribution in [0.4, 0.5) is 10.1 Å². The maximum Gasteiger partial charge on any atom is 0.273 e. The number of aromatic nitrogens is 3. The van der Waals surface area contributed by atoms with E-state index in [4.69, 9.17) is 4.98 Å². The molecule has 5 nitrogen and oxygen atoms in total. The molecule has 0 unspecified atom stereocenters. The average Bonchev–Trinajstić information content (AvgIpc) is 3.14. The molecule has 0 radical (unpaired) electrons. The van der Waals surface area contributed by atoms with Crippen LogP contribution in [0.5, 0.6) is 0 Å². The largest absolute Gasteiger partial charge is 0.320 e. The van der Waals surface area contributed by atoms with Gasteiger partial charge in [-0.2, -0.15) is 5.10 Å². The highest BCUT2D eigenvalue weighted by atomic mass is 19.1. The lowest BCUT2D eigenvalue weighted by atomic mass is 9.98. The predicted molar refractivity (Wildman–Crippen MR) is 117 cm³/mol. The van der Waals surface area contributed by atoms with Gasteiger partial charge in [-0.15, -0.1) is 0 Å². The maximum atomic E-state index is 13.9. The molecule has 30 heavy (non-hydrogen) atoms. The van der Waals surface area contributed by atoms with Crippen molar-refractivity contribution < 1.29 is 9.18 Å². The van der Waals surface area contributed by atoms with Gasteiger partial charge in [0.05, 0.1) is 11.2 Å². The number of halogens is 1. The standard InChI is InChI=1S/C24H23FN4O/c1-14(2)19-13-18(25)12-17-6-8-21(27-23(17)19)16-5-7-20(15(3)11-16)28-24(30)22-9-10-26-29(22)4/h5-14H,1-4H3,(H,28,30). The van der Waals surface area contributed by atoms with Gasteiger partial charge < -0.3 is 5.32 Å². The van der Waals surface area contributed by atoms with Gasteiger partial charge in [-0.05, 0) is 60.4 Å². The molecule has 2 aromatic heterocycles. The van der Waals surface area contributed by atoms with Crippen molar-refractivity contribution in [1.82, 2.24) is 14.8 Å². The summed E-state index contributed by atoms with van der Waals surface area (Å²) in [6.07, 6.45) is 1.59. The van der Waals surface area contributed by atoms with Crippen LogP contribution in [0, 0.1) is 12.7 Å². The van der Waals surface area contributed by atoms with Crippen LogP contribution in [0.25, 0.3) is 22.2 Å². The quantitative estimate of drug-likeness (QED) is 0.493. The molecule has 0 bridgehead atoms. The third-order valence-electron chi connectivity index (χ3n) is 5.23. The Morgan fingerprint density at radius 2 is 1.90 bits per heavy atom. The Labute approximate surface area is 174 Å². The van der Waals surface area contributed by atoms with Crippen molar-refractivity contribution in [2.45, 2.75) is 26.7 Å². The molecule has 0 atom stereocenters. The number of hydrogen-bond donors (Lipinski definition) is 1. The average molecular weight is 402 g/mol. The summed E-state index contributed by atoms with van der Waals surface area (Å²) in [6, 6.07) is 14.3. The number of aryl methyl sites for hydroxylation is 2. The number of anilines is 1. The first kappa shape index (κ1) is 19.8. The minimum atomic E-state index is -0.245. The van der Waals surface area contributed by atoms with E-state index in [9.17, 15) is 9.18 Å². The van der Waals surface area contributed by atoms with Gasteiger partial charge in [0.15, 0.2) is 0 Å². The molecule has 0 fully saturated rings. The first-order valence-corrected chi connectivity index (χ1v) is 9.84. The van der Waals surface area contributed by atoms with Crippen LogP contribution >= 0.6 is 0 Å². The number of carbonyl (C=O) groups excluding carboxylic acids is 1. The summed E-state index contributed by atoms with van der Waals surface area (Å²) >= 11 is 0. The lowest BCUT2D eigenvalue weighted by molar-refractivity contribution is 0.101. The van der Waals surface area contributed by atoms with Crippen LogP contribution < -0.4 is 5.32 Å². The number of carbonyl (C=O) groups is 1. The third kappa shape index (κ3) is 3.68. The van der Waals surface area contributed by atoms with E-state index in [2.05, 4.69) is 10.4 Å². The number of amides is 1. The highest BCUT2D eigenvalue weighted by Gasteiger charge is 2.14. The van der Waals surface area contributed by atoms with Crippen molar-refractivity contribution in [1.29, 1.82) is 0 Å². The Bertz CT molecular complexity index is 1260. The van der Waals surface area contributed by atoms with Crippen molar-refractivity contribution in [3.05, 3.63) is 77.4 Å². The van der Waals surface area contributed by atoms with Crippen molar-refractivity contribution >= 4 is 22.5 Å². The molecule has 1 amide bonds. The zero-order valence-electron chi connectivity index (χ0n) is 17.4. The number of benzene rings is 2. The molecule has 0 saturated carbocycles. The molecule has 4 aromatic rings. The zero-order chi connectivity index (χ0) is 21.4. The first-order chi connectivity index (χ1) is 14.3. The van der Waals surface area contributed by atoms with Crippen LogP contribution in [0.2, 0.25) is 0 Å². The van der Waals surface area contributed by atoms with E-state index in [1.165, 1.54) is 10.7 Å². The van der Waals surface area contributed by atoms with E-state index in [-0.39, 0.29) is 17.6 Å². The second-order valence-electron chi connectivity index (χ2n) is 7.74. The van der Waals surface area contributed by atoms with Crippen LogP contribution in [-0.4, -0.2) is 20.7 Å². The van der Waals surface area contributed by atoms with E-state index >= 15 is 0 Å². The normalized spacial score (nSPS) is 11.3. The van der Waals surface area contributed by atoms with Crippen LogP contribution in [0.15, 0.2) is 54.7 Å². The zero-order valence-corrected chi connectivity index (χ0v) is 17.4. The maximum absolute atomic E-state index is 13.9. The second kappa shape index (κ2) is 7.71. The van der Waals surface area contributed by atoms with Gasteiger partial charge in [0.2, 0.25) is 0 Å². The van der Waals surface area contributed by atoms with Crippen molar-refractivity contribution in [2.75, 3.05) is 5.32 Å². The summed E-state index contributed by atoms with van der Waals surface area (Å²) < 4.78 is 15.5. The van der Waals surface area contributed by atoms with Crippen molar-refractivity contribution in [3.8, 4) is 11.3 Å². The number of rotatable bonds is 4. The molecule has 4 rings (SSSR count). The van der Waals surface area contributed by atoms with Gasteiger partial charge in [0.1, 0.15) is 11.5 Å². The summed E-state index contributed by atoms with van der Waals surface area (Å²) in [7, 11) is 1.73. The van der Waals surface area contributed by atoms with Crippen LogP contribution in [0.3, 0.4) is 0 Å². The molecule has 2 heterocycles. The van der Waals surface area contributed by atoms with E-state index in [1.807, 2.05) is 51.1 Å². The number of pyridine rings is 1. The molecule has 0 spiro atoms. The van der Waals surface area contributed by atoms with Gasteiger partial charge in [0, 0.05) is 29.9 Å². The van der Waals surface area contributed by atoms with Gasteiger partial charge in [-0.1, -0.05) is 26.0 Å². The topological polar surface area (TPSA) is 59.8 Å². The number of nitrogens with one attached hydrogen (secondary N) is 1. The second-order valence-corrected chi connectivity index (χ2v) is 7.74. The van der Waals surface area contributed by atoms with Crippen molar-refractivity contribution in [2.24, 2.45) is 7.05 Å². The van der Waals surface area contributed by atoms with E-state index < -0.39 is 0 Å². The third-order valence-corrected chi connectivity index (χ3v) is 5.23. The van der Waals surface area contributed by atoms with Crippen molar-refractivity contribution in [3.63, 3.8) is 0 Å². The molecule has 0 aliphatic heterocycles. The number of nitrogens with zero attached hydrogens (tertiary/aromatic N) is 3. The monoisotopic (exact) mass is 402 g/mol. The molecule has 152 valence electrons. The highest BCUT2D eigenvalue weighted by Crippen LogP contribution is 2.30. The minimum Gasteiger partial charge on any atom is -0.320 e. The summed E-state index contributed by atoms with van der Waals surface area (Å²) in [6.45, 7) is 6.01. The Morgan fingerprint density at radius 3 is 2.57 bits per heavy atom. The fourth-order valence-corrected chi connectivity index (χ4v) is 3.57. The molecule has 6 heteroatoms. The summed E-state index contributed by atoms with van der Waals surface area (Å²) in [4.78, 5) is 17.3. The summed E-state index contributed by atoms with van der Waals surface area (Å²) in [5.74, 6) is -0.291. The summed E-state index contributed by atoms with van der Waals surface area (Å²) in [5.41, 5.74) is 5.60. The molecule has 1 N–H and O–H groups in total. The Hall–Kier alpha value is -3.54. The Morgan fingerprint density at radius 1 is 1.10 bits per heavy atom. The molecule has 0 aliphatic rings. The lowest BCUT2D eigenvalue weighted by Gasteiger charge is -2.13. The molecule has 0 aliphatic carbocycles. The first-order valence-electron chi connectivity index (χ1n) is 9.84. The Balaban J connectivity index is 1.68. The van der Waals surface area contributed by atoms with Crippen LogP contribution in [-0.2, 0) is 7.05 Å². The number of fused-ring (bicyclic) bond motifs is 1. The van der Waals surface area contributed by atoms with E-state index in [0.717, 1.165) is 39.0 Å².